The Morgan fingerprint density at radius 1 is 1.11 bits per heavy atom. The number of rotatable bonds is 5. The van der Waals surface area contributed by atoms with Crippen LogP contribution in [0.25, 0.3) is 0 Å². The van der Waals surface area contributed by atoms with Gasteiger partial charge in [-0.1, -0.05) is 56.8 Å². The molecule has 1 aromatic carbocycles. The average molecular weight is 540 g/mol. The Morgan fingerprint density at radius 2 is 1.81 bits per heavy atom. The van der Waals surface area contributed by atoms with Gasteiger partial charge in [0.1, 0.15) is 5.82 Å². The number of nitrogens with zero attached hydrogens (tertiary/aromatic N) is 3. The fourth-order valence-corrected chi connectivity index (χ4v) is 6.01. The van der Waals surface area contributed by atoms with Crippen molar-refractivity contribution in [2.45, 2.75) is 64.0 Å². The molecule has 0 radical (unpaired) electrons. The number of hydrogen-bond acceptors (Lipinski definition) is 4. The molecule has 2 N–H and O–H groups in total. The molecule has 2 heterocycles. The van der Waals surface area contributed by atoms with Gasteiger partial charge in [-0.25, -0.2) is 4.98 Å². The summed E-state index contributed by atoms with van der Waals surface area (Å²) in [6.07, 6.45) is 1.80. The second-order valence-electron chi connectivity index (χ2n) is 10.4. The Balaban J connectivity index is 1.52. The van der Waals surface area contributed by atoms with E-state index < -0.39 is 11.9 Å². The molecule has 0 spiro atoms. The Morgan fingerprint density at radius 3 is 2.44 bits per heavy atom. The predicted octanol–water partition coefficient (Wildman–Crippen LogP) is 6.82. The molecule has 4 rings (SSSR count). The van der Waals surface area contributed by atoms with E-state index in [0.717, 1.165) is 43.7 Å². The third-order valence-electron chi connectivity index (χ3n) is 7.26. The molecule has 196 valence electrons. The van der Waals surface area contributed by atoms with Gasteiger partial charge in [-0.15, -0.1) is 0 Å². The van der Waals surface area contributed by atoms with Crippen LogP contribution in [0.2, 0.25) is 5.02 Å². The summed E-state index contributed by atoms with van der Waals surface area (Å²) >= 11 is 11.8. The van der Waals surface area contributed by atoms with Gasteiger partial charge in [0.25, 0.3) is 0 Å². The summed E-state index contributed by atoms with van der Waals surface area (Å²) in [7, 11) is 0. The molecule has 1 aromatic heterocycles. The van der Waals surface area contributed by atoms with Crippen molar-refractivity contribution < 1.29 is 13.2 Å². The first-order chi connectivity index (χ1) is 17.0. The van der Waals surface area contributed by atoms with Gasteiger partial charge in [0.2, 0.25) is 5.95 Å². The fraction of sp³-hybridized carbons (Fsp3) is 0.577. The van der Waals surface area contributed by atoms with Crippen molar-refractivity contribution in [3.05, 3.63) is 46.6 Å². The molecule has 1 aliphatic carbocycles. The molecule has 5 nitrogen and oxygen atoms in total. The minimum absolute atomic E-state index is 0.144. The molecule has 10 heteroatoms. The van der Waals surface area contributed by atoms with E-state index in [1.165, 1.54) is 6.42 Å². The zero-order valence-corrected chi connectivity index (χ0v) is 22.2. The molecular weight excluding hydrogens is 507 g/mol. The van der Waals surface area contributed by atoms with E-state index in [0.29, 0.717) is 36.5 Å². The molecular formula is C26H33ClF3N5S. The zero-order valence-electron chi connectivity index (χ0n) is 20.7. The van der Waals surface area contributed by atoms with Gasteiger partial charge in [0, 0.05) is 36.1 Å². The van der Waals surface area contributed by atoms with E-state index in [4.69, 9.17) is 23.8 Å². The molecule has 0 bridgehead atoms. The molecule has 1 saturated carbocycles. The number of alkyl halides is 3. The Labute approximate surface area is 221 Å². The van der Waals surface area contributed by atoms with E-state index in [9.17, 15) is 13.2 Å². The molecule has 2 atom stereocenters. The highest BCUT2D eigenvalue weighted by molar-refractivity contribution is 7.80. The molecule has 1 aliphatic heterocycles. The summed E-state index contributed by atoms with van der Waals surface area (Å²) in [5.74, 6) is 0.859. The molecule has 36 heavy (non-hydrogen) atoms. The lowest BCUT2D eigenvalue weighted by Gasteiger charge is -2.38. The second-order valence-corrected chi connectivity index (χ2v) is 11.3. The van der Waals surface area contributed by atoms with Crippen molar-refractivity contribution in [1.29, 1.82) is 0 Å². The lowest BCUT2D eigenvalue weighted by atomic mass is 9.69. The number of hydrogen-bond donors (Lipinski definition) is 2. The normalized spacial score (nSPS) is 22.2. The summed E-state index contributed by atoms with van der Waals surface area (Å²) in [5.41, 5.74) is 0.0248. The van der Waals surface area contributed by atoms with Crippen molar-refractivity contribution in [3.63, 3.8) is 0 Å². The van der Waals surface area contributed by atoms with Gasteiger partial charge in [0.15, 0.2) is 10.8 Å². The van der Waals surface area contributed by atoms with Crippen LogP contribution in [0.1, 0.15) is 63.6 Å². The Hall–Kier alpha value is -2.13. The van der Waals surface area contributed by atoms with Crippen molar-refractivity contribution in [2.24, 2.45) is 11.8 Å². The highest BCUT2D eigenvalue weighted by atomic mass is 35.5. The Bertz CT molecular complexity index is 1060. The topological polar surface area (TPSA) is 53.1 Å². The zero-order chi connectivity index (χ0) is 25.9. The maximum atomic E-state index is 13.7. The van der Waals surface area contributed by atoms with Crippen LogP contribution >= 0.6 is 23.8 Å². The lowest BCUT2D eigenvalue weighted by molar-refractivity contribution is -0.141. The number of piperidine rings is 1. The second kappa shape index (κ2) is 11.1. The van der Waals surface area contributed by atoms with Gasteiger partial charge < -0.3 is 15.5 Å². The van der Waals surface area contributed by atoms with E-state index in [-0.39, 0.29) is 22.3 Å². The summed E-state index contributed by atoms with van der Waals surface area (Å²) in [5, 5.41) is 6.94. The van der Waals surface area contributed by atoms with Crippen molar-refractivity contribution in [3.8, 4) is 0 Å². The number of aromatic nitrogens is 2. The van der Waals surface area contributed by atoms with Crippen LogP contribution in [-0.4, -0.2) is 34.7 Å². The monoisotopic (exact) mass is 539 g/mol. The number of thiocarbonyl (C=S) groups is 1. The first-order valence-electron chi connectivity index (χ1n) is 12.6. The van der Waals surface area contributed by atoms with Crippen molar-refractivity contribution in [2.75, 3.05) is 29.9 Å². The highest BCUT2D eigenvalue weighted by Gasteiger charge is 2.36. The summed E-state index contributed by atoms with van der Waals surface area (Å²) in [4.78, 5) is 10.1. The van der Waals surface area contributed by atoms with Crippen LogP contribution in [0.5, 0.6) is 0 Å². The minimum atomic E-state index is -4.59. The maximum absolute atomic E-state index is 13.7. The Kier molecular flexibility index (Phi) is 8.29. The fourth-order valence-electron chi connectivity index (χ4n) is 5.66. The average Bonchev–Trinajstić information content (AvgIpc) is 2.82. The van der Waals surface area contributed by atoms with Gasteiger partial charge in [-0.3, -0.25) is 0 Å². The van der Waals surface area contributed by atoms with Crippen LogP contribution in [-0.2, 0) is 11.6 Å². The first-order valence-corrected chi connectivity index (χ1v) is 13.3. The van der Waals surface area contributed by atoms with Crippen LogP contribution in [0.15, 0.2) is 30.3 Å². The molecule has 0 unspecified atom stereocenters. The number of benzene rings is 1. The van der Waals surface area contributed by atoms with Gasteiger partial charge in [-0.05, 0) is 61.0 Å². The molecule has 1 saturated heterocycles. The molecule has 2 fully saturated rings. The van der Waals surface area contributed by atoms with E-state index in [2.05, 4.69) is 40.5 Å². The van der Waals surface area contributed by atoms with Gasteiger partial charge in [0.05, 0.1) is 0 Å². The van der Waals surface area contributed by atoms with E-state index in [1.807, 2.05) is 23.1 Å². The quantitative estimate of drug-likeness (QED) is 0.407. The van der Waals surface area contributed by atoms with Crippen LogP contribution in [0.4, 0.5) is 24.9 Å². The molecule has 2 aliphatic rings. The predicted molar refractivity (Wildman–Crippen MR) is 143 cm³/mol. The van der Waals surface area contributed by atoms with Gasteiger partial charge in [-0.2, -0.15) is 18.2 Å². The summed E-state index contributed by atoms with van der Waals surface area (Å²) in [6.45, 7) is 6.07. The highest BCUT2D eigenvalue weighted by Crippen LogP contribution is 2.40. The molecule has 0 amide bonds. The largest absolute Gasteiger partial charge is 0.433 e. The summed E-state index contributed by atoms with van der Waals surface area (Å²) in [6, 6.07) is 8.91. The van der Waals surface area contributed by atoms with Crippen molar-refractivity contribution >= 4 is 40.7 Å². The molecule has 2 aromatic rings. The van der Waals surface area contributed by atoms with Crippen LogP contribution < -0.4 is 15.5 Å². The van der Waals surface area contributed by atoms with E-state index in [1.54, 1.807) is 0 Å². The number of anilines is 2. The minimum Gasteiger partial charge on any atom is -0.361 e. The van der Waals surface area contributed by atoms with Crippen LogP contribution in [0.3, 0.4) is 0 Å². The van der Waals surface area contributed by atoms with Crippen LogP contribution in [0, 0.1) is 11.8 Å². The smallest absolute Gasteiger partial charge is 0.361 e. The third-order valence-corrected chi connectivity index (χ3v) is 7.74. The van der Waals surface area contributed by atoms with Gasteiger partial charge >= 0.3 is 6.18 Å². The SMILES string of the molecule is C[C@@H]1C[C@H](C)CN(c2cc(C(F)(F)F)nc(NC(=S)NCC3(c4cccc(Cl)c4)CCCCC3)n2)C1. The third kappa shape index (κ3) is 6.59. The summed E-state index contributed by atoms with van der Waals surface area (Å²) < 4.78 is 41.0. The number of halogens is 4. The van der Waals surface area contributed by atoms with Crippen molar-refractivity contribution in [1.82, 2.24) is 15.3 Å². The lowest BCUT2D eigenvalue weighted by Crippen LogP contribution is -2.44. The maximum Gasteiger partial charge on any atom is 0.433 e. The first kappa shape index (κ1) is 26.9. The standard InChI is InChI=1S/C26H33ClF3N5S/c1-17-11-18(2)15-35(14-17)22-13-21(26(28,29)30)32-23(33-22)34-24(36)31-16-25(9-4-3-5-10-25)19-7-6-8-20(27)12-19/h6-8,12-13,17-18H,3-5,9-11,14-16H2,1-2H3,(H2,31,32,33,34,36)/t17-,18+. The number of nitrogens with one attached hydrogen (secondary N) is 2. The van der Waals surface area contributed by atoms with E-state index >= 15 is 0 Å².